The molecule has 2 aliphatic carbocycles. The Balaban J connectivity index is 1.59. The Morgan fingerprint density at radius 1 is 1.24 bits per heavy atom. The van der Waals surface area contributed by atoms with Gasteiger partial charge in [0.25, 0.3) is 5.91 Å². The third-order valence-corrected chi connectivity index (χ3v) is 5.56. The predicted molar refractivity (Wildman–Crippen MR) is 90.5 cm³/mol. The first-order valence-electron chi connectivity index (χ1n) is 8.79. The molecule has 0 aromatic heterocycles. The van der Waals surface area contributed by atoms with Gasteiger partial charge in [-0.15, -0.1) is 0 Å². The van der Waals surface area contributed by atoms with E-state index in [-0.39, 0.29) is 30.1 Å². The van der Waals surface area contributed by atoms with E-state index >= 15 is 0 Å². The van der Waals surface area contributed by atoms with Crippen molar-refractivity contribution in [2.24, 2.45) is 11.8 Å². The maximum Gasteiger partial charge on any atom is 0.325 e. The molecule has 1 aliphatic heterocycles. The molecule has 0 atom stereocenters. The zero-order chi connectivity index (χ0) is 17.8. The van der Waals surface area contributed by atoms with Crippen molar-refractivity contribution in [1.82, 2.24) is 10.2 Å². The molecule has 1 N–H and O–H groups in total. The van der Waals surface area contributed by atoms with Crippen LogP contribution in [-0.4, -0.2) is 41.8 Å². The number of benzene rings is 1. The van der Waals surface area contributed by atoms with Crippen LogP contribution in [0.25, 0.3) is 0 Å². The maximum absolute atomic E-state index is 13.0. The average Bonchev–Trinajstić information content (AvgIpc) is 3.48. The molecule has 6 heteroatoms. The summed E-state index contributed by atoms with van der Waals surface area (Å²) in [5, 5.41) is 2.94. The van der Waals surface area contributed by atoms with E-state index in [1.807, 2.05) is 13.0 Å². The van der Waals surface area contributed by atoms with Gasteiger partial charge in [-0.05, 0) is 56.6 Å². The highest BCUT2D eigenvalue weighted by Crippen LogP contribution is 2.54. The number of nitrogens with one attached hydrogen (secondary N) is 1. The number of rotatable bonds is 6. The molecule has 3 fully saturated rings. The van der Waals surface area contributed by atoms with E-state index in [2.05, 4.69) is 5.32 Å². The van der Waals surface area contributed by atoms with Crippen LogP contribution in [0.5, 0.6) is 5.75 Å². The van der Waals surface area contributed by atoms with E-state index in [1.165, 1.54) is 7.11 Å². The summed E-state index contributed by atoms with van der Waals surface area (Å²) in [7, 11) is 1.50. The first kappa shape index (κ1) is 16.1. The number of carbonyl (C=O) groups excluding carboxylic acids is 3. The van der Waals surface area contributed by atoms with Gasteiger partial charge in [0.15, 0.2) is 5.78 Å². The van der Waals surface area contributed by atoms with Gasteiger partial charge in [0, 0.05) is 0 Å². The van der Waals surface area contributed by atoms with E-state index in [0.29, 0.717) is 11.3 Å². The second kappa shape index (κ2) is 5.58. The second-order valence-corrected chi connectivity index (χ2v) is 7.37. The van der Waals surface area contributed by atoms with Crippen LogP contribution in [0.4, 0.5) is 4.79 Å². The number of aryl methyl sites for hydroxylation is 1. The summed E-state index contributed by atoms with van der Waals surface area (Å²) in [6, 6.07) is 4.87. The van der Waals surface area contributed by atoms with Gasteiger partial charge in [0.05, 0.1) is 19.2 Å². The Bertz CT molecular complexity index is 753. The molecular formula is C19H22N2O4. The minimum absolute atomic E-state index is 0.220. The minimum atomic E-state index is -0.756. The summed E-state index contributed by atoms with van der Waals surface area (Å²) in [4.78, 5) is 39.4. The first-order chi connectivity index (χ1) is 12.0. The summed E-state index contributed by atoms with van der Waals surface area (Å²) in [5.74, 6) is 0.405. The van der Waals surface area contributed by atoms with Gasteiger partial charge in [0.1, 0.15) is 11.3 Å². The molecule has 0 unspecified atom stereocenters. The van der Waals surface area contributed by atoms with Crippen LogP contribution in [0.15, 0.2) is 18.2 Å². The van der Waals surface area contributed by atoms with Crippen molar-refractivity contribution < 1.29 is 19.1 Å². The highest BCUT2D eigenvalue weighted by molar-refractivity contribution is 6.12. The summed E-state index contributed by atoms with van der Waals surface area (Å²) in [6.07, 6.45) is 3.87. The lowest BCUT2D eigenvalue weighted by Crippen LogP contribution is -2.51. The number of imide groups is 1. The highest BCUT2D eigenvalue weighted by Gasteiger charge is 2.65. The van der Waals surface area contributed by atoms with Crippen LogP contribution in [0.2, 0.25) is 0 Å². The van der Waals surface area contributed by atoms with Gasteiger partial charge in [-0.2, -0.15) is 0 Å². The third-order valence-electron chi connectivity index (χ3n) is 5.56. The minimum Gasteiger partial charge on any atom is -0.496 e. The predicted octanol–water partition coefficient (Wildman–Crippen LogP) is 2.30. The van der Waals surface area contributed by atoms with Gasteiger partial charge in [0.2, 0.25) is 0 Å². The molecule has 25 heavy (non-hydrogen) atoms. The molecule has 1 saturated heterocycles. The smallest absolute Gasteiger partial charge is 0.325 e. The molecular weight excluding hydrogens is 320 g/mol. The van der Waals surface area contributed by atoms with Crippen molar-refractivity contribution in [3.8, 4) is 5.75 Å². The van der Waals surface area contributed by atoms with Crippen molar-refractivity contribution in [2.45, 2.75) is 38.1 Å². The number of amides is 3. The number of nitrogens with zero attached hydrogens (tertiary/aromatic N) is 1. The number of urea groups is 1. The lowest BCUT2D eigenvalue weighted by Gasteiger charge is -2.26. The van der Waals surface area contributed by atoms with Crippen LogP contribution in [0, 0.1) is 18.8 Å². The Morgan fingerprint density at radius 3 is 2.44 bits per heavy atom. The Hall–Kier alpha value is -2.37. The lowest BCUT2D eigenvalue weighted by atomic mass is 9.87. The second-order valence-electron chi connectivity index (χ2n) is 7.37. The number of hydrogen-bond acceptors (Lipinski definition) is 4. The standard InChI is InChI=1S/C19H22N2O4/c1-11-3-8-16(25-2)14(9-11)15(22)10-21-17(23)19(12-4-5-12,13-6-7-13)20-18(21)24/h3,8-9,12-13H,4-7,10H2,1-2H3,(H,20,24). The first-order valence-corrected chi connectivity index (χ1v) is 8.79. The normalized spacial score (nSPS) is 22.1. The van der Waals surface area contributed by atoms with Gasteiger partial charge in [-0.25, -0.2) is 4.79 Å². The Labute approximate surface area is 146 Å². The van der Waals surface area contributed by atoms with Crippen molar-refractivity contribution in [1.29, 1.82) is 0 Å². The summed E-state index contributed by atoms with van der Waals surface area (Å²) >= 11 is 0. The summed E-state index contributed by atoms with van der Waals surface area (Å²) in [6.45, 7) is 1.64. The quantitative estimate of drug-likeness (QED) is 0.636. The van der Waals surface area contributed by atoms with Crippen molar-refractivity contribution in [3.63, 3.8) is 0 Å². The van der Waals surface area contributed by atoms with Crippen LogP contribution < -0.4 is 10.1 Å². The number of ether oxygens (including phenoxy) is 1. The van der Waals surface area contributed by atoms with E-state index in [9.17, 15) is 14.4 Å². The largest absolute Gasteiger partial charge is 0.496 e. The zero-order valence-corrected chi connectivity index (χ0v) is 14.5. The molecule has 6 nitrogen and oxygen atoms in total. The van der Waals surface area contributed by atoms with Crippen LogP contribution in [-0.2, 0) is 4.79 Å². The molecule has 1 heterocycles. The van der Waals surface area contributed by atoms with Crippen LogP contribution in [0.3, 0.4) is 0 Å². The fourth-order valence-corrected chi connectivity index (χ4v) is 3.99. The van der Waals surface area contributed by atoms with Gasteiger partial charge in [-0.1, -0.05) is 11.6 Å². The molecule has 0 spiro atoms. The summed E-state index contributed by atoms with van der Waals surface area (Å²) < 4.78 is 5.25. The molecule has 3 amide bonds. The van der Waals surface area contributed by atoms with Crippen LogP contribution >= 0.6 is 0 Å². The van der Waals surface area contributed by atoms with Gasteiger partial charge >= 0.3 is 6.03 Å². The zero-order valence-electron chi connectivity index (χ0n) is 14.5. The SMILES string of the molecule is COc1ccc(C)cc1C(=O)CN1C(=O)NC(C2CC2)(C2CC2)C1=O. The molecule has 4 rings (SSSR count). The Morgan fingerprint density at radius 2 is 1.88 bits per heavy atom. The molecule has 132 valence electrons. The molecule has 2 saturated carbocycles. The number of Topliss-reactive ketones (excluding diaryl/α,β-unsaturated/α-hetero) is 1. The molecule has 1 aromatic rings. The van der Waals surface area contributed by atoms with E-state index in [1.54, 1.807) is 12.1 Å². The average molecular weight is 342 g/mol. The third kappa shape index (κ3) is 2.51. The van der Waals surface area contributed by atoms with Crippen molar-refractivity contribution in [3.05, 3.63) is 29.3 Å². The summed E-state index contributed by atoms with van der Waals surface area (Å²) in [5.41, 5.74) is 0.568. The topological polar surface area (TPSA) is 75.7 Å². The Kier molecular flexibility index (Phi) is 3.60. The number of ketones is 1. The van der Waals surface area contributed by atoms with E-state index in [4.69, 9.17) is 4.74 Å². The van der Waals surface area contributed by atoms with Gasteiger partial charge < -0.3 is 10.1 Å². The monoisotopic (exact) mass is 342 g/mol. The van der Waals surface area contributed by atoms with E-state index < -0.39 is 11.6 Å². The van der Waals surface area contributed by atoms with Crippen molar-refractivity contribution in [2.75, 3.05) is 13.7 Å². The highest BCUT2D eigenvalue weighted by atomic mass is 16.5. The molecule has 0 radical (unpaired) electrons. The lowest BCUT2D eigenvalue weighted by molar-refractivity contribution is -0.132. The fourth-order valence-electron chi connectivity index (χ4n) is 3.99. The number of methoxy groups -OCH3 is 1. The molecule has 0 bridgehead atoms. The number of carbonyl (C=O) groups is 3. The molecule has 3 aliphatic rings. The van der Waals surface area contributed by atoms with Crippen LogP contribution in [0.1, 0.15) is 41.6 Å². The van der Waals surface area contributed by atoms with Gasteiger partial charge in [-0.3, -0.25) is 14.5 Å². The number of hydrogen-bond donors (Lipinski definition) is 1. The van der Waals surface area contributed by atoms with Crippen molar-refractivity contribution >= 4 is 17.7 Å². The fraction of sp³-hybridized carbons (Fsp3) is 0.526. The van der Waals surface area contributed by atoms with E-state index in [0.717, 1.165) is 36.1 Å². The molecule has 1 aromatic carbocycles. The maximum atomic E-state index is 13.0.